The minimum absolute atomic E-state index is 0.0521. The Morgan fingerprint density at radius 1 is 1.00 bits per heavy atom. The Bertz CT molecular complexity index is 894. The number of urea groups is 1. The molecule has 0 radical (unpaired) electrons. The summed E-state index contributed by atoms with van der Waals surface area (Å²) in [6.07, 6.45) is 9.90. The molecule has 5 aliphatic rings. The van der Waals surface area contributed by atoms with Crippen molar-refractivity contribution in [2.45, 2.75) is 63.6 Å². The van der Waals surface area contributed by atoms with Crippen LogP contribution in [-0.2, 0) is 6.54 Å². The Morgan fingerprint density at radius 2 is 1.68 bits per heavy atom. The fourth-order valence-electron chi connectivity index (χ4n) is 7.12. The van der Waals surface area contributed by atoms with Crippen LogP contribution >= 0.6 is 0 Å². The van der Waals surface area contributed by atoms with Crippen LogP contribution in [0.25, 0.3) is 5.69 Å². The molecule has 1 aliphatic heterocycles. The average molecular weight is 376 g/mol. The van der Waals surface area contributed by atoms with E-state index in [2.05, 4.69) is 64.3 Å². The van der Waals surface area contributed by atoms with Crippen molar-refractivity contribution >= 4 is 6.03 Å². The van der Waals surface area contributed by atoms with Crippen molar-refractivity contribution in [2.75, 3.05) is 0 Å². The van der Waals surface area contributed by atoms with Gasteiger partial charge in [0.15, 0.2) is 0 Å². The molecule has 1 aromatic heterocycles. The second-order valence-corrected chi connectivity index (χ2v) is 9.86. The number of nitrogens with one attached hydrogen (secondary N) is 1. The first-order valence-corrected chi connectivity index (χ1v) is 10.9. The molecule has 0 saturated heterocycles. The molecule has 1 aromatic carbocycles. The zero-order valence-electron chi connectivity index (χ0n) is 16.6. The summed E-state index contributed by atoms with van der Waals surface area (Å²) in [7, 11) is 0. The summed E-state index contributed by atoms with van der Waals surface area (Å²) in [5.41, 5.74) is 3.65. The van der Waals surface area contributed by atoms with Crippen LogP contribution in [0.1, 0.15) is 62.7 Å². The fourth-order valence-corrected chi connectivity index (χ4v) is 7.12. The summed E-state index contributed by atoms with van der Waals surface area (Å²) in [6, 6.07) is 12.9. The van der Waals surface area contributed by atoms with E-state index < -0.39 is 0 Å². The van der Waals surface area contributed by atoms with Gasteiger partial charge in [0.25, 0.3) is 0 Å². The molecule has 28 heavy (non-hydrogen) atoms. The second-order valence-electron chi connectivity index (χ2n) is 9.86. The normalized spacial score (nSPS) is 35.2. The lowest BCUT2D eigenvalue weighted by molar-refractivity contribution is -0.0165. The highest BCUT2D eigenvalue weighted by atomic mass is 16.2. The van der Waals surface area contributed by atoms with E-state index in [1.165, 1.54) is 55.5 Å². The summed E-state index contributed by atoms with van der Waals surface area (Å²) >= 11 is 0. The number of fused-ring (bicyclic) bond motifs is 3. The van der Waals surface area contributed by atoms with Crippen LogP contribution in [-0.4, -0.2) is 21.0 Å². The topological polar surface area (TPSA) is 37.3 Å². The van der Waals surface area contributed by atoms with Gasteiger partial charge in [-0.2, -0.15) is 0 Å². The highest BCUT2D eigenvalue weighted by Gasteiger charge is 2.52. The zero-order valence-corrected chi connectivity index (χ0v) is 16.6. The highest BCUT2D eigenvalue weighted by Crippen LogP contribution is 2.55. The molecule has 1 unspecified atom stereocenters. The third kappa shape index (κ3) is 2.46. The number of nitrogens with zero attached hydrogens (tertiary/aromatic N) is 2. The van der Waals surface area contributed by atoms with Crippen molar-refractivity contribution in [2.24, 2.45) is 17.8 Å². The molecular weight excluding hydrogens is 346 g/mol. The Hall–Kier alpha value is -2.23. The maximum Gasteiger partial charge on any atom is 0.318 e. The van der Waals surface area contributed by atoms with Gasteiger partial charge in [0.05, 0.1) is 18.3 Å². The monoisotopic (exact) mass is 375 g/mol. The van der Waals surface area contributed by atoms with Gasteiger partial charge >= 0.3 is 6.03 Å². The number of hydrogen-bond acceptors (Lipinski definition) is 1. The van der Waals surface area contributed by atoms with Gasteiger partial charge in [-0.3, -0.25) is 0 Å². The molecule has 4 aliphatic carbocycles. The Balaban J connectivity index is 1.32. The summed E-state index contributed by atoms with van der Waals surface area (Å²) in [5.74, 6) is 2.52. The zero-order chi connectivity index (χ0) is 18.9. The predicted octanol–water partition coefficient (Wildman–Crippen LogP) is 5.03. The van der Waals surface area contributed by atoms with Gasteiger partial charge in [0.1, 0.15) is 0 Å². The Kier molecular flexibility index (Phi) is 3.51. The quantitative estimate of drug-likeness (QED) is 0.745. The molecule has 0 spiro atoms. The largest absolute Gasteiger partial charge is 0.332 e. The molecular formula is C24H29N3O. The van der Waals surface area contributed by atoms with Crippen molar-refractivity contribution in [1.29, 1.82) is 0 Å². The van der Waals surface area contributed by atoms with Crippen molar-refractivity contribution in [3.05, 3.63) is 53.9 Å². The van der Waals surface area contributed by atoms with Crippen LogP contribution < -0.4 is 5.32 Å². The molecule has 1 atom stereocenters. The van der Waals surface area contributed by atoms with Gasteiger partial charge in [-0.15, -0.1) is 0 Å². The molecule has 7 rings (SSSR count). The summed E-state index contributed by atoms with van der Waals surface area (Å²) in [6.45, 7) is 2.83. The lowest BCUT2D eigenvalue weighted by Gasteiger charge is -2.57. The van der Waals surface area contributed by atoms with Crippen LogP contribution in [0.4, 0.5) is 4.79 Å². The molecule has 4 nitrogen and oxygen atoms in total. The van der Waals surface area contributed by atoms with Crippen LogP contribution in [0, 0.1) is 17.8 Å². The first-order chi connectivity index (χ1) is 13.6. The lowest BCUT2D eigenvalue weighted by atomic mass is 9.53. The number of amides is 2. The van der Waals surface area contributed by atoms with E-state index in [4.69, 9.17) is 0 Å². The van der Waals surface area contributed by atoms with E-state index in [0.717, 1.165) is 17.8 Å². The molecule has 4 saturated carbocycles. The Labute approximate surface area is 166 Å². The van der Waals surface area contributed by atoms with E-state index in [-0.39, 0.29) is 17.6 Å². The van der Waals surface area contributed by atoms with Gasteiger partial charge < -0.3 is 14.8 Å². The summed E-state index contributed by atoms with van der Waals surface area (Å²) in [5, 5.41) is 3.58. The number of carbonyl (C=O) groups excluding carboxylic acids is 1. The number of benzene rings is 1. The SMILES string of the molecule is CC1c2cccn2-c2ccccc2CN1C(=O)NC12CC3CC(CC(C3)C1)C2. The minimum atomic E-state index is 0.0521. The number of rotatable bonds is 1. The number of hydrogen-bond donors (Lipinski definition) is 1. The molecule has 1 N–H and O–H groups in total. The van der Waals surface area contributed by atoms with Crippen LogP contribution in [0.15, 0.2) is 42.6 Å². The summed E-state index contributed by atoms with van der Waals surface area (Å²) < 4.78 is 2.25. The lowest BCUT2D eigenvalue weighted by Crippen LogP contribution is -2.61. The molecule has 4 heteroatoms. The first kappa shape index (κ1) is 16.7. The second kappa shape index (κ2) is 5.88. The van der Waals surface area contributed by atoms with Gasteiger partial charge in [0, 0.05) is 17.4 Å². The number of carbonyl (C=O) groups is 1. The highest BCUT2D eigenvalue weighted by molar-refractivity contribution is 5.76. The molecule has 2 amide bonds. The maximum absolute atomic E-state index is 13.6. The van der Waals surface area contributed by atoms with Gasteiger partial charge in [0.2, 0.25) is 0 Å². The summed E-state index contributed by atoms with van der Waals surface area (Å²) in [4.78, 5) is 15.6. The van der Waals surface area contributed by atoms with Crippen molar-refractivity contribution in [3.8, 4) is 5.69 Å². The third-order valence-corrected chi connectivity index (χ3v) is 7.94. The van der Waals surface area contributed by atoms with Gasteiger partial charge in [-0.25, -0.2) is 4.79 Å². The van der Waals surface area contributed by atoms with Crippen molar-refractivity contribution in [3.63, 3.8) is 0 Å². The van der Waals surface area contributed by atoms with Crippen LogP contribution in [0.3, 0.4) is 0 Å². The first-order valence-electron chi connectivity index (χ1n) is 10.9. The van der Waals surface area contributed by atoms with E-state index in [0.29, 0.717) is 6.54 Å². The Morgan fingerprint density at radius 3 is 2.39 bits per heavy atom. The smallest absolute Gasteiger partial charge is 0.318 e. The van der Waals surface area contributed by atoms with E-state index in [9.17, 15) is 4.79 Å². The van der Waals surface area contributed by atoms with Crippen LogP contribution in [0.2, 0.25) is 0 Å². The predicted molar refractivity (Wildman–Crippen MR) is 109 cm³/mol. The van der Waals surface area contributed by atoms with Crippen LogP contribution in [0.5, 0.6) is 0 Å². The van der Waals surface area contributed by atoms with Gasteiger partial charge in [-0.1, -0.05) is 18.2 Å². The maximum atomic E-state index is 13.6. The fraction of sp³-hybridized carbons (Fsp3) is 0.542. The van der Waals surface area contributed by atoms with E-state index in [1.54, 1.807) is 0 Å². The number of aromatic nitrogens is 1. The minimum Gasteiger partial charge on any atom is -0.332 e. The molecule has 146 valence electrons. The van der Waals surface area contributed by atoms with Crippen molar-refractivity contribution < 1.29 is 4.79 Å². The standard InChI is InChI=1S/C24H29N3O/c1-16-21-7-4-8-26(21)22-6-3-2-5-20(22)15-27(16)23(28)25-24-12-17-9-18(13-24)11-19(10-17)14-24/h2-8,16-19H,9-15H2,1H3,(H,25,28). The number of para-hydroxylation sites is 1. The molecule has 4 fully saturated rings. The molecule has 2 heterocycles. The molecule has 4 bridgehead atoms. The van der Waals surface area contributed by atoms with Gasteiger partial charge in [-0.05, 0) is 87.0 Å². The average Bonchev–Trinajstić information content (AvgIpc) is 3.10. The van der Waals surface area contributed by atoms with Crippen molar-refractivity contribution in [1.82, 2.24) is 14.8 Å². The van der Waals surface area contributed by atoms with E-state index >= 15 is 0 Å². The molecule has 2 aromatic rings. The van der Waals surface area contributed by atoms with E-state index in [1.807, 2.05) is 0 Å². The third-order valence-electron chi connectivity index (χ3n) is 7.94.